The van der Waals surface area contributed by atoms with Gasteiger partial charge in [-0.15, -0.1) is 0 Å². The lowest BCUT2D eigenvalue weighted by atomic mass is 9.46. The number of aliphatic hydroxyl groups excluding tert-OH is 1. The standard InChI is InChI=1S/C27H46O4/c1-24(2,29)13-6-14-27(5,31-30)23-10-9-21-20-8-7-18-17-19(28)11-15-25(18,3)22(20)12-16-26(21,23)4/h7,19-23,28-30H,6,8-17H2,1-5H3/t19?,20-,21-,22-,23-,25-,26-,27-/m0/s1. The van der Waals surface area contributed by atoms with Gasteiger partial charge in [0.25, 0.3) is 0 Å². The van der Waals surface area contributed by atoms with Crippen molar-refractivity contribution in [2.24, 2.45) is 34.5 Å². The van der Waals surface area contributed by atoms with Crippen LogP contribution in [-0.4, -0.2) is 32.8 Å². The quantitative estimate of drug-likeness (QED) is 0.268. The predicted molar refractivity (Wildman–Crippen MR) is 123 cm³/mol. The highest BCUT2D eigenvalue weighted by Crippen LogP contribution is 2.68. The molecule has 4 aliphatic rings. The van der Waals surface area contributed by atoms with Crippen LogP contribution in [0.5, 0.6) is 0 Å². The normalized spacial score (nSPS) is 44.6. The van der Waals surface area contributed by atoms with Crippen molar-refractivity contribution >= 4 is 0 Å². The topological polar surface area (TPSA) is 69.9 Å². The predicted octanol–water partition coefficient (Wildman–Crippen LogP) is 6.12. The lowest BCUT2D eigenvalue weighted by Crippen LogP contribution is -2.53. The van der Waals surface area contributed by atoms with Crippen LogP contribution >= 0.6 is 0 Å². The molecule has 4 rings (SSSR count). The first-order chi connectivity index (χ1) is 14.4. The second-order valence-corrected chi connectivity index (χ2v) is 12.9. The molecular weight excluding hydrogens is 388 g/mol. The first kappa shape index (κ1) is 23.7. The summed E-state index contributed by atoms with van der Waals surface area (Å²) in [4.78, 5) is 5.28. The van der Waals surface area contributed by atoms with Crippen molar-refractivity contribution < 1.29 is 20.4 Å². The first-order valence-corrected chi connectivity index (χ1v) is 12.9. The average Bonchev–Trinajstić information content (AvgIpc) is 3.05. The molecule has 0 saturated heterocycles. The Kier molecular flexibility index (Phi) is 6.21. The van der Waals surface area contributed by atoms with Crippen LogP contribution in [0, 0.1) is 34.5 Å². The van der Waals surface area contributed by atoms with Crippen molar-refractivity contribution in [3.63, 3.8) is 0 Å². The fourth-order valence-corrected chi connectivity index (χ4v) is 8.80. The molecule has 0 bridgehead atoms. The highest BCUT2D eigenvalue weighted by Gasteiger charge is 2.61. The second-order valence-electron chi connectivity index (χ2n) is 12.9. The van der Waals surface area contributed by atoms with E-state index in [0.717, 1.165) is 57.3 Å². The van der Waals surface area contributed by atoms with Crippen LogP contribution in [0.4, 0.5) is 0 Å². The summed E-state index contributed by atoms with van der Waals surface area (Å²) >= 11 is 0. The molecule has 3 N–H and O–H groups in total. The summed E-state index contributed by atoms with van der Waals surface area (Å²) in [6, 6.07) is 0. The molecule has 0 amide bonds. The average molecular weight is 435 g/mol. The molecule has 0 radical (unpaired) electrons. The van der Waals surface area contributed by atoms with Crippen LogP contribution in [0.15, 0.2) is 11.6 Å². The molecule has 3 fully saturated rings. The Labute approximate surface area is 189 Å². The van der Waals surface area contributed by atoms with Crippen LogP contribution in [0.3, 0.4) is 0 Å². The van der Waals surface area contributed by atoms with Gasteiger partial charge in [-0.05, 0) is 126 Å². The van der Waals surface area contributed by atoms with Gasteiger partial charge < -0.3 is 10.2 Å². The summed E-state index contributed by atoms with van der Waals surface area (Å²) in [6.45, 7) is 10.8. The second kappa shape index (κ2) is 8.11. The number of allylic oxidation sites excluding steroid dienone is 1. The Morgan fingerprint density at radius 2 is 1.77 bits per heavy atom. The maximum atomic E-state index is 10.2. The van der Waals surface area contributed by atoms with E-state index in [1.54, 1.807) is 0 Å². The number of hydrogen-bond acceptors (Lipinski definition) is 4. The van der Waals surface area contributed by atoms with Crippen molar-refractivity contribution in [3.05, 3.63) is 11.6 Å². The number of rotatable bonds is 6. The SMILES string of the molecule is CC(C)(O)CCC[C@](C)(OO)[C@H]1CC[C@H]2[C@@H]3CC=C4CC(O)CC[C@]4(C)[C@H]3CC[C@@]21C. The number of fused-ring (bicyclic) bond motifs is 5. The zero-order chi connectivity index (χ0) is 22.7. The van der Waals surface area contributed by atoms with Crippen molar-refractivity contribution in [1.29, 1.82) is 0 Å². The van der Waals surface area contributed by atoms with E-state index in [1.807, 2.05) is 13.8 Å². The maximum absolute atomic E-state index is 10.2. The first-order valence-electron chi connectivity index (χ1n) is 12.9. The molecule has 0 aliphatic heterocycles. The fraction of sp³-hybridized carbons (Fsp3) is 0.926. The van der Waals surface area contributed by atoms with Gasteiger partial charge in [-0.3, -0.25) is 5.26 Å². The Hall–Kier alpha value is -0.420. The van der Waals surface area contributed by atoms with Gasteiger partial charge in [0.1, 0.15) is 5.60 Å². The molecule has 4 nitrogen and oxygen atoms in total. The summed E-state index contributed by atoms with van der Waals surface area (Å²) < 4.78 is 0. The van der Waals surface area contributed by atoms with Gasteiger partial charge >= 0.3 is 0 Å². The molecule has 0 heterocycles. The molecule has 3 saturated carbocycles. The van der Waals surface area contributed by atoms with E-state index in [-0.39, 0.29) is 16.9 Å². The van der Waals surface area contributed by atoms with E-state index in [1.165, 1.54) is 24.8 Å². The van der Waals surface area contributed by atoms with Crippen LogP contribution in [0.1, 0.15) is 105 Å². The fourth-order valence-electron chi connectivity index (χ4n) is 8.80. The van der Waals surface area contributed by atoms with Crippen LogP contribution in [0.2, 0.25) is 0 Å². The summed E-state index contributed by atoms with van der Waals surface area (Å²) in [5, 5.41) is 30.4. The Bertz CT molecular complexity index is 696. The molecular formula is C27H46O4. The van der Waals surface area contributed by atoms with Gasteiger partial charge in [-0.25, -0.2) is 4.89 Å². The van der Waals surface area contributed by atoms with Gasteiger partial charge in [-0.2, -0.15) is 0 Å². The Morgan fingerprint density at radius 3 is 2.45 bits per heavy atom. The third-order valence-corrected chi connectivity index (χ3v) is 10.5. The van der Waals surface area contributed by atoms with Crippen LogP contribution < -0.4 is 0 Å². The van der Waals surface area contributed by atoms with Crippen molar-refractivity contribution in [2.45, 2.75) is 123 Å². The lowest BCUT2D eigenvalue weighted by molar-refractivity contribution is -0.343. The summed E-state index contributed by atoms with van der Waals surface area (Å²) in [5.74, 6) is 2.48. The maximum Gasteiger partial charge on any atom is 0.104 e. The molecule has 178 valence electrons. The highest BCUT2D eigenvalue weighted by molar-refractivity contribution is 5.25. The van der Waals surface area contributed by atoms with Gasteiger partial charge in [-0.1, -0.05) is 25.5 Å². The van der Waals surface area contributed by atoms with Crippen molar-refractivity contribution in [3.8, 4) is 0 Å². The van der Waals surface area contributed by atoms with Crippen LogP contribution in [-0.2, 0) is 4.89 Å². The van der Waals surface area contributed by atoms with Crippen molar-refractivity contribution in [2.75, 3.05) is 0 Å². The van der Waals surface area contributed by atoms with E-state index in [2.05, 4.69) is 26.8 Å². The monoisotopic (exact) mass is 434 g/mol. The Balaban J connectivity index is 1.54. The molecule has 8 atom stereocenters. The molecule has 31 heavy (non-hydrogen) atoms. The molecule has 4 aliphatic carbocycles. The third kappa shape index (κ3) is 4.05. The zero-order valence-corrected chi connectivity index (χ0v) is 20.5. The molecule has 0 spiro atoms. The minimum atomic E-state index is -0.675. The summed E-state index contributed by atoms with van der Waals surface area (Å²) in [7, 11) is 0. The summed E-state index contributed by atoms with van der Waals surface area (Å²) in [6.07, 6.45) is 13.6. The lowest BCUT2D eigenvalue weighted by Gasteiger charge is -2.59. The van der Waals surface area contributed by atoms with E-state index >= 15 is 0 Å². The van der Waals surface area contributed by atoms with E-state index in [9.17, 15) is 15.5 Å². The van der Waals surface area contributed by atoms with E-state index in [0.29, 0.717) is 17.8 Å². The molecule has 0 aromatic rings. The zero-order valence-electron chi connectivity index (χ0n) is 20.5. The smallest absolute Gasteiger partial charge is 0.104 e. The summed E-state index contributed by atoms with van der Waals surface area (Å²) in [5.41, 5.74) is 0.775. The van der Waals surface area contributed by atoms with Gasteiger partial charge in [0.2, 0.25) is 0 Å². The van der Waals surface area contributed by atoms with Crippen LogP contribution in [0.25, 0.3) is 0 Å². The molecule has 0 aromatic heterocycles. The molecule has 1 unspecified atom stereocenters. The molecule has 0 aromatic carbocycles. The minimum absolute atomic E-state index is 0.146. The van der Waals surface area contributed by atoms with Crippen molar-refractivity contribution in [1.82, 2.24) is 0 Å². The minimum Gasteiger partial charge on any atom is -0.393 e. The highest BCUT2D eigenvalue weighted by atomic mass is 17.1. The van der Waals surface area contributed by atoms with Gasteiger partial charge in [0.15, 0.2) is 0 Å². The van der Waals surface area contributed by atoms with E-state index in [4.69, 9.17) is 4.89 Å². The molecule has 4 heteroatoms. The van der Waals surface area contributed by atoms with E-state index < -0.39 is 11.2 Å². The largest absolute Gasteiger partial charge is 0.393 e. The van der Waals surface area contributed by atoms with Gasteiger partial charge in [0, 0.05) is 0 Å². The Morgan fingerprint density at radius 1 is 1.03 bits per heavy atom. The number of aliphatic hydroxyl groups is 2. The number of hydrogen-bond donors (Lipinski definition) is 3. The van der Waals surface area contributed by atoms with Gasteiger partial charge in [0.05, 0.1) is 11.7 Å². The third-order valence-electron chi connectivity index (χ3n) is 10.5.